The molecule has 4 rings (SSSR count). The molecule has 0 unspecified atom stereocenters. The average Bonchev–Trinajstić information content (AvgIpc) is 3.29. The maximum atomic E-state index is 13.6. The van der Waals surface area contributed by atoms with Gasteiger partial charge in [-0.05, 0) is 55.0 Å². The van der Waals surface area contributed by atoms with Crippen LogP contribution in [0.4, 0.5) is 19.5 Å². The van der Waals surface area contributed by atoms with Crippen LogP contribution in [-0.4, -0.2) is 26.9 Å². The van der Waals surface area contributed by atoms with Crippen molar-refractivity contribution in [3.8, 4) is 11.1 Å². The lowest BCUT2D eigenvalue weighted by atomic mass is 10.0. The van der Waals surface area contributed by atoms with Crippen molar-refractivity contribution in [2.24, 2.45) is 0 Å². The summed E-state index contributed by atoms with van der Waals surface area (Å²) in [5.74, 6) is -3.90. The van der Waals surface area contributed by atoms with E-state index in [1.54, 1.807) is 36.6 Å². The molecule has 3 aromatic carbocycles. The second-order valence-corrected chi connectivity index (χ2v) is 10.8. The van der Waals surface area contributed by atoms with Gasteiger partial charge in [0, 0.05) is 16.0 Å². The Morgan fingerprint density at radius 2 is 1.71 bits per heavy atom. The van der Waals surface area contributed by atoms with Crippen molar-refractivity contribution in [2.75, 3.05) is 16.6 Å². The Morgan fingerprint density at radius 1 is 1.00 bits per heavy atom. The quantitative estimate of drug-likeness (QED) is 0.231. The van der Waals surface area contributed by atoms with Gasteiger partial charge in [0.05, 0.1) is 22.8 Å². The Kier molecular flexibility index (Phi) is 8.10. The van der Waals surface area contributed by atoms with Crippen molar-refractivity contribution >= 4 is 55.5 Å². The first-order chi connectivity index (χ1) is 18.1. The smallest absolute Gasteiger partial charge is 0.341 e. The van der Waals surface area contributed by atoms with Crippen molar-refractivity contribution in [3.05, 3.63) is 99.9 Å². The Hall–Kier alpha value is -3.80. The topological polar surface area (TPSA) is 102 Å². The molecule has 4 aromatic rings. The highest BCUT2D eigenvalue weighted by molar-refractivity contribution is 7.92. The van der Waals surface area contributed by atoms with Crippen LogP contribution in [0.15, 0.2) is 77.0 Å². The minimum Gasteiger partial charge on any atom is -0.462 e. The summed E-state index contributed by atoms with van der Waals surface area (Å²) in [7, 11) is -4.36. The van der Waals surface area contributed by atoms with E-state index in [1.807, 2.05) is 0 Å². The second-order valence-electron chi connectivity index (χ2n) is 7.76. The van der Waals surface area contributed by atoms with E-state index in [1.165, 1.54) is 24.3 Å². The average molecular weight is 577 g/mol. The van der Waals surface area contributed by atoms with Gasteiger partial charge in [0.2, 0.25) is 0 Å². The van der Waals surface area contributed by atoms with Gasteiger partial charge in [0.15, 0.2) is 11.6 Å². The number of benzene rings is 3. The van der Waals surface area contributed by atoms with E-state index in [-0.39, 0.29) is 28.4 Å². The van der Waals surface area contributed by atoms with Crippen LogP contribution < -0.4 is 10.0 Å². The molecule has 0 aliphatic rings. The second kappa shape index (κ2) is 11.3. The van der Waals surface area contributed by atoms with Gasteiger partial charge in [-0.1, -0.05) is 35.9 Å². The monoisotopic (exact) mass is 576 g/mol. The SMILES string of the molecule is CCOC(=O)c1c(-c2ccc(Cl)cc2)csc1NC(=O)c1ccccc1NS(=O)(=O)c1ccc(F)c(F)c1. The van der Waals surface area contributed by atoms with E-state index in [0.29, 0.717) is 28.3 Å². The molecule has 0 saturated heterocycles. The van der Waals surface area contributed by atoms with Crippen molar-refractivity contribution < 1.29 is 31.5 Å². The lowest BCUT2D eigenvalue weighted by Gasteiger charge is -2.13. The predicted molar refractivity (Wildman–Crippen MR) is 142 cm³/mol. The number of halogens is 3. The van der Waals surface area contributed by atoms with Gasteiger partial charge in [0.25, 0.3) is 15.9 Å². The highest BCUT2D eigenvalue weighted by atomic mass is 35.5. The first kappa shape index (κ1) is 27.2. The van der Waals surface area contributed by atoms with E-state index in [4.69, 9.17) is 16.3 Å². The molecule has 2 N–H and O–H groups in total. The number of carbonyl (C=O) groups is 2. The Labute approximate surface area is 226 Å². The van der Waals surface area contributed by atoms with Gasteiger partial charge < -0.3 is 10.1 Å². The zero-order valence-corrected chi connectivity index (χ0v) is 22.0. The van der Waals surface area contributed by atoms with E-state index in [2.05, 4.69) is 10.0 Å². The summed E-state index contributed by atoms with van der Waals surface area (Å²) in [6, 6.07) is 14.6. The van der Waals surface area contributed by atoms with E-state index in [0.717, 1.165) is 17.4 Å². The number of anilines is 2. The highest BCUT2D eigenvalue weighted by Crippen LogP contribution is 2.37. The number of ether oxygens (including phenoxy) is 1. The third-order valence-corrected chi connectivity index (χ3v) is 7.78. The predicted octanol–water partition coefficient (Wildman–Crippen LogP) is 6.58. The fourth-order valence-electron chi connectivity index (χ4n) is 3.49. The Balaban J connectivity index is 1.66. The van der Waals surface area contributed by atoms with Gasteiger partial charge in [-0.25, -0.2) is 22.0 Å². The molecule has 0 aliphatic carbocycles. The first-order valence-corrected chi connectivity index (χ1v) is 13.8. The Bertz CT molecular complexity index is 1620. The molecule has 0 radical (unpaired) electrons. The number of hydrogen-bond donors (Lipinski definition) is 2. The first-order valence-electron chi connectivity index (χ1n) is 11.0. The van der Waals surface area contributed by atoms with E-state index in [9.17, 15) is 26.8 Å². The van der Waals surface area contributed by atoms with Crippen molar-refractivity contribution in [1.29, 1.82) is 0 Å². The number of nitrogens with one attached hydrogen (secondary N) is 2. The number of amides is 1. The molecular formula is C26H19ClF2N2O5S2. The van der Waals surface area contributed by atoms with Crippen LogP contribution in [0.5, 0.6) is 0 Å². The maximum Gasteiger partial charge on any atom is 0.341 e. The van der Waals surface area contributed by atoms with Gasteiger partial charge in [-0.15, -0.1) is 11.3 Å². The van der Waals surface area contributed by atoms with Gasteiger partial charge >= 0.3 is 5.97 Å². The molecule has 0 aliphatic heterocycles. The molecule has 12 heteroatoms. The molecule has 0 bridgehead atoms. The lowest BCUT2D eigenvalue weighted by Crippen LogP contribution is -2.19. The lowest BCUT2D eigenvalue weighted by molar-refractivity contribution is 0.0529. The fourth-order valence-corrected chi connectivity index (χ4v) is 5.66. The summed E-state index contributed by atoms with van der Waals surface area (Å²) >= 11 is 7.07. The third-order valence-electron chi connectivity index (χ3n) is 5.27. The molecule has 0 spiro atoms. The molecule has 0 fully saturated rings. The van der Waals surface area contributed by atoms with Crippen molar-refractivity contribution in [3.63, 3.8) is 0 Å². The molecule has 196 valence electrons. The normalized spacial score (nSPS) is 11.2. The molecule has 0 atom stereocenters. The fraction of sp³-hybridized carbons (Fsp3) is 0.0769. The van der Waals surface area contributed by atoms with Crippen LogP contribution in [0.1, 0.15) is 27.6 Å². The van der Waals surface area contributed by atoms with E-state index >= 15 is 0 Å². The molecule has 1 aromatic heterocycles. The minimum absolute atomic E-state index is 0.0742. The number of hydrogen-bond acceptors (Lipinski definition) is 6. The summed E-state index contributed by atoms with van der Waals surface area (Å²) in [4.78, 5) is 25.6. The van der Waals surface area contributed by atoms with Crippen molar-refractivity contribution in [2.45, 2.75) is 11.8 Å². The largest absolute Gasteiger partial charge is 0.462 e. The Morgan fingerprint density at radius 3 is 2.39 bits per heavy atom. The summed E-state index contributed by atoms with van der Waals surface area (Å²) < 4.78 is 59.9. The van der Waals surface area contributed by atoms with Crippen LogP contribution in [0.3, 0.4) is 0 Å². The van der Waals surface area contributed by atoms with Crippen LogP contribution in [-0.2, 0) is 14.8 Å². The summed E-state index contributed by atoms with van der Waals surface area (Å²) in [5, 5.41) is 5.04. The number of para-hydroxylation sites is 1. The zero-order valence-electron chi connectivity index (χ0n) is 19.6. The summed E-state index contributed by atoms with van der Waals surface area (Å²) in [6.45, 7) is 1.76. The summed E-state index contributed by atoms with van der Waals surface area (Å²) in [5.41, 5.74) is 1.14. The van der Waals surface area contributed by atoms with E-state index < -0.39 is 38.4 Å². The van der Waals surface area contributed by atoms with Gasteiger partial charge in [0.1, 0.15) is 10.6 Å². The van der Waals surface area contributed by atoms with Crippen LogP contribution in [0.25, 0.3) is 11.1 Å². The van der Waals surface area contributed by atoms with Gasteiger partial charge in [-0.3, -0.25) is 9.52 Å². The standard InChI is InChI=1S/C26H19ClF2N2O5S2/c1-2-36-26(33)23-19(15-7-9-16(27)10-8-15)14-37-25(23)30-24(32)18-5-3-4-6-22(18)31-38(34,35)17-11-12-20(28)21(29)13-17/h3-14,31H,2H2,1H3,(H,30,32). The molecule has 38 heavy (non-hydrogen) atoms. The van der Waals surface area contributed by atoms with Crippen LogP contribution in [0, 0.1) is 11.6 Å². The number of rotatable bonds is 8. The van der Waals surface area contributed by atoms with Crippen LogP contribution >= 0.6 is 22.9 Å². The number of esters is 1. The van der Waals surface area contributed by atoms with Gasteiger partial charge in [-0.2, -0.15) is 0 Å². The van der Waals surface area contributed by atoms with Crippen molar-refractivity contribution in [1.82, 2.24) is 0 Å². The minimum atomic E-state index is -4.36. The molecular weight excluding hydrogens is 558 g/mol. The number of thiophene rings is 1. The molecule has 1 amide bonds. The third kappa shape index (κ3) is 5.85. The maximum absolute atomic E-state index is 13.6. The number of carbonyl (C=O) groups excluding carboxylic acids is 2. The summed E-state index contributed by atoms with van der Waals surface area (Å²) in [6.07, 6.45) is 0. The number of sulfonamides is 1. The zero-order chi connectivity index (χ0) is 27.4. The molecule has 7 nitrogen and oxygen atoms in total. The molecule has 1 heterocycles. The highest BCUT2D eigenvalue weighted by Gasteiger charge is 2.25. The molecule has 0 saturated carbocycles. The van der Waals surface area contributed by atoms with Crippen LogP contribution in [0.2, 0.25) is 5.02 Å².